The molecule has 1 N–H and O–H groups in total. The van der Waals surface area contributed by atoms with Crippen molar-refractivity contribution in [3.05, 3.63) is 41.7 Å². The van der Waals surface area contributed by atoms with E-state index in [4.69, 9.17) is 9.52 Å². The molecule has 6 heteroatoms. The van der Waals surface area contributed by atoms with Crippen molar-refractivity contribution in [1.82, 2.24) is 9.97 Å². The molecule has 2 heterocycles. The molecule has 2 aromatic rings. The number of anilines is 1. The molecule has 0 radical (unpaired) electrons. The second-order valence-corrected chi connectivity index (χ2v) is 4.25. The van der Waals surface area contributed by atoms with Crippen LogP contribution in [0.2, 0.25) is 0 Å². The Labute approximate surface area is 110 Å². The molecule has 0 aliphatic rings. The van der Waals surface area contributed by atoms with Crippen LogP contribution in [0.4, 0.5) is 5.82 Å². The molecule has 0 bridgehead atoms. The minimum atomic E-state index is -1.03. The molecule has 0 aliphatic carbocycles. The zero-order valence-corrected chi connectivity index (χ0v) is 10.8. The first-order valence-electron chi connectivity index (χ1n) is 5.87. The number of aryl methyl sites for hydroxylation is 1. The van der Waals surface area contributed by atoms with E-state index in [1.54, 1.807) is 11.9 Å². The van der Waals surface area contributed by atoms with E-state index in [9.17, 15) is 4.79 Å². The standard InChI is InChI=1S/C13H15N3O3/c1-9-3-4-10(19-9)5-6-16(2)12-11(13(17)18)7-14-8-15-12/h3-4,7-8H,5-6H2,1-2H3,(H,17,18). The third kappa shape index (κ3) is 3.09. The van der Waals surface area contributed by atoms with E-state index in [0.717, 1.165) is 11.5 Å². The normalized spacial score (nSPS) is 10.4. The molecule has 0 aliphatic heterocycles. The number of hydrogen-bond acceptors (Lipinski definition) is 5. The summed E-state index contributed by atoms with van der Waals surface area (Å²) in [5.74, 6) is 1.11. The maximum absolute atomic E-state index is 11.1. The second kappa shape index (κ2) is 5.51. The number of carbonyl (C=O) groups is 1. The highest BCUT2D eigenvalue weighted by molar-refractivity contribution is 5.92. The van der Waals surface area contributed by atoms with Gasteiger partial charge in [-0.1, -0.05) is 0 Å². The van der Waals surface area contributed by atoms with E-state index in [-0.39, 0.29) is 5.56 Å². The number of likely N-dealkylation sites (N-methyl/N-ethyl adjacent to an activating group) is 1. The highest BCUT2D eigenvalue weighted by atomic mass is 16.4. The Balaban J connectivity index is 2.07. The molecule has 0 atom stereocenters. The van der Waals surface area contributed by atoms with E-state index < -0.39 is 5.97 Å². The molecule has 0 spiro atoms. The van der Waals surface area contributed by atoms with Crippen molar-refractivity contribution >= 4 is 11.8 Å². The summed E-state index contributed by atoms with van der Waals surface area (Å²) in [6, 6.07) is 3.82. The van der Waals surface area contributed by atoms with Crippen LogP contribution in [0.25, 0.3) is 0 Å². The van der Waals surface area contributed by atoms with E-state index in [1.165, 1.54) is 12.5 Å². The van der Waals surface area contributed by atoms with Crippen LogP contribution in [-0.4, -0.2) is 34.6 Å². The van der Waals surface area contributed by atoms with Gasteiger partial charge in [0.2, 0.25) is 0 Å². The molecule has 100 valence electrons. The van der Waals surface area contributed by atoms with Gasteiger partial charge in [0.25, 0.3) is 0 Å². The molecule has 0 aromatic carbocycles. The lowest BCUT2D eigenvalue weighted by Gasteiger charge is -2.18. The molecule has 6 nitrogen and oxygen atoms in total. The van der Waals surface area contributed by atoms with Crippen molar-refractivity contribution in [3.8, 4) is 0 Å². The van der Waals surface area contributed by atoms with Crippen molar-refractivity contribution in [3.63, 3.8) is 0 Å². The largest absolute Gasteiger partial charge is 0.477 e. The molecule has 0 fully saturated rings. The smallest absolute Gasteiger partial charge is 0.341 e. The molecule has 0 saturated carbocycles. The fraction of sp³-hybridized carbons (Fsp3) is 0.308. The van der Waals surface area contributed by atoms with Crippen LogP contribution < -0.4 is 4.90 Å². The summed E-state index contributed by atoms with van der Waals surface area (Å²) < 4.78 is 5.47. The van der Waals surface area contributed by atoms with Crippen LogP contribution in [-0.2, 0) is 6.42 Å². The molecule has 0 unspecified atom stereocenters. The lowest BCUT2D eigenvalue weighted by molar-refractivity contribution is 0.0696. The number of nitrogens with zero attached hydrogens (tertiary/aromatic N) is 3. The van der Waals surface area contributed by atoms with Gasteiger partial charge in [-0.25, -0.2) is 14.8 Å². The van der Waals surface area contributed by atoms with E-state index >= 15 is 0 Å². The molecule has 0 amide bonds. The monoisotopic (exact) mass is 261 g/mol. The van der Waals surface area contributed by atoms with Crippen molar-refractivity contribution in [2.45, 2.75) is 13.3 Å². The van der Waals surface area contributed by atoms with E-state index in [2.05, 4.69) is 9.97 Å². The minimum absolute atomic E-state index is 0.0978. The van der Waals surface area contributed by atoms with Crippen molar-refractivity contribution in [2.24, 2.45) is 0 Å². The Morgan fingerprint density at radius 3 is 2.89 bits per heavy atom. The summed E-state index contributed by atoms with van der Waals surface area (Å²) in [6.45, 7) is 2.50. The molecular weight excluding hydrogens is 246 g/mol. The first-order chi connectivity index (χ1) is 9.08. The van der Waals surface area contributed by atoms with Crippen molar-refractivity contribution < 1.29 is 14.3 Å². The molecular formula is C13H15N3O3. The summed E-state index contributed by atoms with van der Waals surface area (Å²) >= 11 is 0. The molecule has 2 aromatic heterocycles. The summed E-state index contributed by atoms with van der Waals surface area (Å²) in [5.41, 5.74) is 0.0978. The highest BCUT2D eigenvalue weighted by Gasteiger charge is 2.15. The maximum Gasteiger partial charge on any atom is 0.341 e. The zero-order chi connectivity index (χ0) is 13.8. The summed E-state index contributed by atoms with van der Waals surface area (Å²) in [7, 11) is 1.80. The number of carboxylic acid groups (broad SMARTS) is 1. The first-order valence-corrected chi connectivity index (χ1v) is 5.87. The maximum atomic E-state index is 11.1. The predicted molar refractivity (Wildman–Crippen MR) is 69.4 cm³/mol. The van der Waals surface area contributed by atoms with Gasteiger partial charge in [0.1, 0.15) is 29.2 Å². The fourth-order valence-corrected chi connectivity index (χ4v) is 1.78. The number of furan rings is 1. The van der Waals surface area contributed by atoms with Crippen LogP contribution in [0.15, 0.2) is 29.1 Å². The van der Waals surface area contributed by atoms with Crippen molar-refractivity contribution in [1.29, 1.82) is 0 Å². The highest BCUT2D eigenvalue weighted by Crippen LogP contribution is 2.15. The Morgan fingerprint density at radius 2 is 2.26 bits per heavy atom. The number of rotatable bonds is 5. The third-order valence-electron chi connectivity index (χ3n) is 2.77. The average Bonchev–Trinajstić information content (AvgIpc) is 2.81. The second-order valence-electron chi connectivity index (χ2n) is 4.25. The van der Waals surface area contributed by atoms with Gasteiger partial charge in [0, 0.05) is 26.2 Å². The fourth-order valence-electron chi connectivity index (χ4n) is 1.78. The third-order valence-corrected chi connectivity index (χ3v) is 2.77. The zero-order valence-electron chi connectivity index (χ0n) is 10.8. The van der Waals surface area contributed by atoms with Crippen LogP contribution in [0.1, 0.15) is 21.9 Å². The van der Waals surface area contributed by atoms with E-state index in [0.29, 0.717) is 18.8 Å². The van der Waals surface area contributed by atoms with Gasteiger partial charge in [-0.05, 0) is 19.1 Å². The number of aromatic carboxylic acids is 1. The van der Waals surface area contributed by atoms with Gasteiger partial charge < -0.3 is 14.4 Å². The van der Waals surface area contributed by atoms with Crippen LogP contribution in [0, 0.1) is 6.92 Å². The van der Waals surface area contributed by atoms with Crippen LogP contribution in [0.5, 0.6) is 0 Å². The molecule has 2 rings (SSSR count). The Bertz CT molecular complexity index is 580. The van der Waals surface area contributed by atoms with Gasteiger partial charge >= 0.3 is 5.97 Å². The average molecular weight is 261 g/mol. The summed E-state index contributed by atoms with van der Waals surface area (Å²) in [5, 5.41) is 9.08. The van der Waals surface area contributed by atoms with Gasteiger partial charge in [0.15, 0.2) is 0 Å². The van der Waals surface area contributed by atoms with Gasteiger partial charge in [-0.3, -0.25) is 0 Å². The Morgan fingerprint density at radius 1 is 1.47 bits per heavy atom. The summed E-state index contributed by atoms with van der Waals surface area (Å²) in [6.07, 6.45) is 3.33. The topological polar surface area (TPSA) is 79.5 Å². The van der Waals surface area contributed by atoms with Crippen LogP contribution in [0.3, 0.4) is 0 Å². The Kier molecular flexibility index (Phi) is 3.79. The Hall–Kier alpha value is -2.37. The molecule has 0 saturated heterocycles. The lowest BCUT2D eigenvalue weighted by Crippen LogP contribution is -2.24. The first kappa shape index (κ1) is 13.1. The van der Waals surface area contributed by atoms with Gasteiger partial charge in [0.05, 0.1) is 0 Å². The number of carboxylic acids is 1. The molecule has 19 heavy (non-hydrogen) atoms. The summed E-state index contributed by atoms with van der Waals surface area (Å²) in [4.78, 5) is 20.6. The lowest BCUT2D eigenvalue weighted by atomic mass is 10.2. The van der Waals surface area contributed by atoms with Gasteiger partial charge in [-0.2, -0.15) is 0 Å². The predicted octanol–water partition coefficient (Wildman–Crippen LogP) is 1.76. The number of aromatic nitrogens is 2. The number of hydrogen-bond donors (Lipinski definition) is 1. The SMILES string of the molecule is Cc1ccc(CCN(C)c2ncncc2C(=O)O)o1. The quantitative estimate of drug-likeness (QED) is 0.883. The van der Waals surface area contributed by atoms with E-state index in [1.807, 2.05) is 19.1 Å². The minimum Gasteiger partial charge on any atom is -0.477 e. The van der Waals surface area contributed by atoms with Crippen molar-refractivity contribution in [2.75, 3.05) is 18.5 Å². The van der Waals surface area contributed by atoms with Gasteiger partial charge in [-0.15, -0.1) is 0 Å². The van der Waals surface area contributed by atoms with Crippen LogP contribution >= 0.6 is 0 Å².